The highest BCUT2D eigenvalue weighted by Gasteiger charge is 2.29. The molecule has 0 aliphatic carbocycles. The quantitative estimate of drug-likeness (QED) is 0.787. The molecule has 0 saturated carbocycles. The van der Waals surface area contributed by atoms with E-state index in [1.807, 2.05) is 58.0 Å². The molecule has 2 aromatic carbocycles. The predicted molar refractivity (Wildman–Crippen MR) is 112 cm³/mol. The van der Waals surface area contributed by atoms with Crippen LogP contribution < -0.4 is 10.2 Å². The molecule has 0 spiro atoms. The van der Waals surface area contributed by atoms with E-state index in [1.165, 1.54) is 6.92 Å². The van der Waals surface area contributed by atoms with Crippen LogP contribution in [0.25, 0.3) is 0 Å². The minimum absolute atomic E-state index is 0.111. The van der Waals surface area contributed by atoms with Crippen molar-refractivity contribution in [2.24, 2.45) is 0 Å². The van der Waals surface area contributed by atoms with Crippen molar-refractivity contribution >= 4 is 29.2 Å². The molecule has 1 aliphatic rings. The Hall–Kier alpha value is -3.15. The largest absolute Gasteiger partial charge is 0.460 e. The Balaban J connectivity index is 1.76. The van der Waals surface area contributed by atoms with E-state index in [4.69, 9.17) is 4.74 Å². The molecule has 1 N–H and O–H groups in total. The number of esters is 1. The van der Waals surface area contributed by atoms with Crippen molar-refractivity contribution in [1.29, 1.82) is 0 Å². The number of anilines is 2. The molecule has 1 atom stereocenters. The first-order chi connectivity index (χ1) is 13.5. The van der Waals surface area contributed by atoms with E-state index in [9.17, 15) is 14.4 Å². The van der Waals surface area contributed by atoms with E-state index in [0.717, 1.165) is 16.8 Å². The molecule has 6 nitrogen and oxygen atoms in total. The van der Waals surface area contributed by atoms with Gasteiger partial charge in [-0.3, -0.25) is 14.4 Å². The molecule has 1 unspecified atom stereocenters. The summed E-state index contributed by atoms with van der Waals surface area (Å²) in [5, 5.41) is 2.70. The maximum Gasteiger partial charge on any atom is 0.313 e. The number of carbonyl (C=O) groups is 3. The number of hydrogen-bond donors (Lipinski definition) is 1. The molecule has 0 fully saturated rings. The number of benzene rings is 2. The minimum Gasteiger partial charge on any atom is -0.460 e. The van der Waals surface area contributed by atoms with E-state index in [-0.39, 0.29) is 17.8 Å². The summed E-state index contributed by atoms with van der Waals surface area (Å²) >= 11 is 0. The lowest BCUT2D eigenvalue weighted by Gasteiger charge is -2.23. The van der Waals surface area contributed by atoms with Gasteiger partial charge in [0, 0.05) is 23.9 Å². The van der Waals surface area contributed by atoms with Crippen LogP contribution in [0.1, 0.15) is 62.0 Å². The van der Waals surface area contributed by atoms with E-state index in [0.29, 0.717) is 17.8 Å². The van der Waals surface area contributed by atoms with Crippen LogP contribution >= 0.6 is 0 Å². The van der Waals surface area contributed by atoms with Crippen molar-refractivity contribution in [3.05, 3.63) is 59.2 Å². The molecule has 152 valence electrons. The highest BCUT2D eigenvalue weighted by Crippen LogP contribution is 2.31. The van der Waals surface area contributed by atoms with E-state index in [2.05, 4.69) is 5.32 Å². The Kier molecular flexibility index (Phi) is 5.46. The fourth-order valence-corrected chi connectivity index (χ4v) is 3.26. The Morgan fingerprint density at radius 2 is 1.76 bits per heavy atom. The van der Waals surface area contributed by atoms with Crippen molar-refractivity contribution in [3.63, 3.8) is 0 Å². The Bertz CT molecular complexity index is 958. The summed E-state index contributed by atoms with van der Waals surface area (Å²) in [4.78, 5) is 38.1. The molecule has 0 radical (unpaired) electrons. The fourth-order valence-electron chi connectivity index (χ4n) is 3.26. The highest BCUT2D eigenvalue weighted by atomic mass is 16.6. The second kappa shape index (κ2) is 7.70. The number of fused-ring (bicyclic) bond motifs is 1. The van der Waals surface area contributed by atoms with Gasteiger partial charge >= 0.3 is 5.97 Å². The van der Waals surface area contributed by atoms with Gasteiger partial charge in [-0.2, -0.15) is 0 Å². The maximum atomic E-state index is 12.9. The van der Waals surface area contributed by atoms with Crippen LogP contribution in [0.3, 0.4) is 0 Å². The molecule has 0 aromatic heterocycles. The fraction of sp³-hybridized carbons (Fsp3) is 0.348. The third kappa shape index (κ3) is 4.65. The number of nitrogens with one attached hydrogen (secondary N) is 1. The van der Waals surface area contributed by atoms with E-state index in [1.54, 1.807) is 17.0 Å². The Morgan fingerprint density at radius 3 is 2.34 bits per heavy atom. The summed E-state index contributed by atoms with van der Waals surface area (Å²) in [7, 11) is 0. The van der Waals surface area contributed by atoms with Crippen LogP contribution in [0.2, 0.25) is 0 Å². The SMILES string of the molecule is CC(=O)Nc1ccc2c(c1)C(=O)N(c1ccc(C(C)C(=O)OC(C)(C)C)cc1)C2. The number of carbonyl (C=O) groups excluding carboxylic acids is 3. The number of ether oxygens (including phenoxy) is 1. The van der Waals surface area contributed by atoms with Crippen molar-refractivity contribution in [1.82, 2.24) is 0 Å². The van der Waals surface area contributed by atoms with Crippen LogP contribution in [0.4, 0.5) is 11.4 Å². The molecule has 3 rings (SSSR count). The molecule has 2 amide bonds. The molecule has 1 aliphatic heterocycles. The van der Waals surface area contributed by atoms with Gasteiger partial charge in [0.05, 0.1) is 12.5 Å². The van der Waals surface area contributed by atoms with Gasteiger partial charge in [-0.1, -0.05) is 18.2 Å². The molecular formula is C23H26N2O4. The van der Waals surface area contributed by atoms with Gasteiger partial charge in [-0.25, -0.2) is 0 Å². The summed E-state index contributed by atoms with van der Waals surface area (Å²) in [6.07, 6.45) is 0. The van der Waals surface area contributed by atoms with Crippen LogP contribution in [0.15, 0.2) is 42.5 Å². The normalized spacial score (nSPS) is 14.4. The summed E-state index contributed by atoms with van der Waals surface area (Å²) in [6.45, 7) is 9.23. The van der Waals surface area contributed by atoms with Gasteiger partial charge < -0.3 is 15.0 Å². The minimum atomic E-state index is -0.533. The summed E-state index contributed by atoms with van der Waals surface area (Å²) in [6, 6.07) is 12.7. The van der Waals surface area contributed by atoms with Crippen LogP contribution in [-0.2, 0) is 20.9 Å². The van der Waals surface area contributed by atoms with Crippen LogP contribution in [0, 0.1) is 0 Å². The number of rotatable bonds is 4. The first-order valence-corrected chi connectivity index (χ1v) is 9.60. The van der Waals surface area contributed by atoms with Gasteiger partial charge in [0.2, 0.25) is 5.91 Å². The lowest BCUT2D eigenvalue weighted by molar-refractivity contribution is -0.156. The van der Waals surface area contributed by atoms with Crippen LogP contribution in [0.5, 0.6) is 0 Å². The van der Waals surface area contributed by atoms with Crippen molar-refractivity contribution in [2.75, 3.05) is 10.2 Å². The van der Waals surface area contributed by atoms with Gasteiger partial charge in [0.15, 0.2) is 0 Å². The standard InChI is InChI=1S/C23H26N2O4/c1-14(22(28)29-23(3,4)5)16-7-10-19(11-8-16)25-13-17-6-9-18(24-15(2)26)12-20(17)21(25)27/h6-12,14H,13H2,1-5H3,(H,24,26). The molecular weight excluding hydrogens is 368 g/mol. The van der Waals surface area contributed by atoms with Gasteiger partial charge in [-0.05, 0) is 63.1 Å². The first kappa shape index (κ1) is 20.6. The third-order valence-electron chi connectivity index (χ3n) is 4.70. The first-order valence-electron chi connectivity index (χ1n) is 9.60. The zero-order valence-corrected chi connectivity index (χ0v) is 17.4. The zero-order valence-electron chi connectivity index (χ0n) is 17.4. The van der Waals surface area contributed by atoms with Gasteiger partial charge in [-0.15, -0.1) is 0 Å². The van der Waals surface area contributed by atoms with E-state index >= 15 is 0 Å². The smallest absolute Gasteiger partial charge is 0.313 e. The predicted octanol–water partition coefficient (Wildman–Crippen LogP) is 4.25. The number of hydrogen-bond acceptors (Lipinski definition) is 4. The topological polar surface area (TPSA) is 75.7 Å². The van der Waals surface area contributed by atoms with Gasteiger partial charge in [0.1, 0.15) is 5.60 Å². The monoisotopic (exact) mass is 394 g/mol. The number of nitrogens with zero attached hydrogens (tertiary/aromatic N) is 1. The highest BCUT2D eigenvalue weighted by molar-refractivity contribution is 6.10. The molecule has 2 aromatic rings. The molecule has 0 saturated heterocycles. The molecule has 0 bridgehead atoms. The molecule has 1 heterocycles. The summed E-state index contributed by atoms with van der Waals surface area (Å²) < 4.78 is 5.45. The summed E-state index contributed by atoms with van der Waals surface area (Å²) in [5.41, 5.74) is 3.16. The van der Waals surface area contributed by atoms with Crippen molar-refractivity contribution < 1.29 is 19.1 Å². The van der Waals surface area contributed by atoms with Gasteiger partial charge in [0.25, 0.3) is 5.91 Å². The number of amides is 2. The average molecular weight is 394 g/mol. The van der Waals surface area contributed by atoms with E-state index < -0.39 is 11.5 Å². The van der Waals surface area contributed by atoms with Crippen LogP contribution in [-0.4, -0.2) is 23.4 Å². The lowest BCUT2D eigenvalue weighted by Crippen LogP contribution is -2.27. The molecule has 29 heavy (non-hydrogen) atoms. The van der Waals surface area contributed by atoms with Crippen molar-refractivity contribution in [2.45, 2.75) is 52.7 Å². The Labute approximate surface area is 170 Å². The lowest BCUT2D eigenvalue weighted by atomic mass is 10.0. The third-order valence-corrected chi connectivity index (χ3v) is 4.70. The second-order valence-corrected chi connectivity index (χ2v) is 8.29. The summed E-state index contributed by atoms with van der Waals surface area (Å²) in [5.74, 6) is -0.961. The average Bonchev–Trinajstić information content (AvgIpc) is 2.96. The van der Waals surface area contributed by atoms with Crippen molar-refractivity contribution in [3.8, 4) is 0 Å². The zero-order chi connectivity index (χ0) is 21.3. The molecule has 6 heteroatoms. The maximum absolute atomic E-state index is 12.9. The Morgan fingerprint density at radius 1 is 1.10 bits per heavy atom. The second-order valence-electron chi connectivity index (χ2n) is 8.29.